The highest BCUT2D eigenvalue weighted by molar-refractivity contribution is 7.90. The number of thiophene rings is 1. The minimum absolute atomic E-state index is 0.0213. The van der Waals surface area contributed by atoms with E-state index in [1.54, 1.807) is 13.8 Å². The summed E-state index contributed by atoms with van der Waals surface area (Å²) in [4.78, 5) is 25.2. The van der Waals surface area contributed by atoms with Crippen molar-refractivity contribution in [1.82, 2.24) is 4.31 Å². The van der Waals surface area contributed by atoms with Crippen LogP contribution in [0.25, 0.3) is 0 Å². The third-order valence-electron chi connectivity index (χ3n) is 5.67. The SMILES string of the molecule is CCOC(=O)c1sc(NC(=O)C2CCN(S(=O)(=O)c3ccc(S(C)(=O)=O)cc3)CC2)c(C#N)c1C. The van der Waals surface area contributed by atoms with E-state index in [1.165, 1.54) is 28.6 Å². The van der Waals surface area contributed by atoms with Crippen LogP contribution in [0.5, 0.6) is 0 Å². The molecular formula is C22H25N3O7S3. The van der Waals surface area contributed by atoms with Gasteiger partial charge in [-0.1, -0.05) is 0 Å². The molecule has 2 aromatic rings. The van der Waals surface area contributed by atoms with Crippen LogP contribution < -0.4 is 5.32 Å². The molecule has 0 unspecified atom stereocenters. The van der Waals surface area contributed by atoms with E-state index in [0.29, 0.717) is 5.56 Å². The summed E-state index contributed by atoms with van der Waals surface area (Å²) in [6.45, 7) is 3.69. The Morgan fingerprint density at radius 1 is 1.14 bits per heavy atom. The zero-order chi connectivity index (χ0) is 26.0. The Labute approximate surface area is 208 Å². The van der Waals surface area contributed by atoms with Gasteiger partial charge in [0.25, 0.3) is 0 Å². The number of benzene rings is 1. The Morgan fingerprint density at radius 3 is 2.23 bits per heavy atom. The maximum atomic E-state index is 13.0. The lowest BCUT2D eigenvalue weighted by atomic mass is 9.97. The lowest BCUT2D eigenvalue weighted by Gasteiger charge is -2.30. The van der Waals surface area contributed by atoms with Crippen molar-refractivity contribution in [2.45, 2.75) is 36.5 Å². The van der Waals surface area contributed by atoms with Crippen molar-refractivity contribution in [1.29, 1.82) is 5.26 Å². The summed E-state index contributed by atoms with van der Waals surface area (Å²) in [7, 11) is -7.29. The fraction of sp³-hybridized carbons (Fsp3) is 0.409. The summed E-state index contributed by atoms with van der Waals surface area (Å²) in [6, 6.07) is 7.03. The van der Waals surface area contributed by atoms with Crippen LogP contribution in [0, 0.1) is 24.2 Å². The van der Waals surface area contributed by atoms with Gasteiger partial charge in [0, 0.05) is 25.3 Å². The number of amides is 1. The average Bonchev–Trinajstić information content (AvgIpc) is 3.13. The van der Waals surface area contributed by atoms with E-state index in [9.17, 15) is 31.7 Å². The number of rotatable bonds is 7. The normalized spacial score (nSPS) is 15.4. The van der Waals surface area contributed by atoms with Gasteiger partial charge in [-0.2, -0.15) is 9.57 Å². The molecule has 0 aliphatic carbocycles. The van der Waals surface area contributed by atoms with Gasteiger partial charge in [0.2, 0.25) is 15.9 Å². The number of piperidine rings is 1. The average molecular weight is 540 g/mol. The molecule has 13 heteroatoms. The molecule has 1 N–H and O–H groups in total. The number of hydrogen-bond donors (Lipinski definition) is 1. The number of nitrogens with zero attached hydrogens (tertiary/aromatic N) is 2. The molecule has 0 atom stereocenters. The van der Waals surface area contributed by atoms with E-state index in [1.807, 2.05) is 6.07 Å². The van der Waals surface area contributed by atoms with E-state index in [-0.39, 0.29) is 63.7 Å². The largest absolute Gasteiger partial charge is 0.462 e. The predicted molar refractivity (Wildman–Crippen MR) is 129 cm³/mol. The number of nitriles is 1. The van der Waals surface area contributed by atoms with Gasteiger partial charge in [-0.15, -0.1) is 11.3 Å². The van der Waals surface area contributed by atoms with Crippen LogP contribution in [0.1, 0.15) is 40.6 Å². The van der Waals surface area contributed by atoms with Crippen LogP contribution >= 0.6 is 11.3 Å². The Balaban J connectivity index is 1.68. The minimum atomic E-state index is -3.85. The second-order valence-corrected chi connectivity index (χ2v) is 13.0. The van der Waals surface area contributed by atoms with E-state index in [0.717, 1.165) is 17.6 Å². The number of ether oxygens (including phenoxy) is 1. The fourth-order valence-electron chi connectivity index (χ4n) is 3.71. The molecule has 0 bridgehead atoms. The number of anilines is 1. The van der Waals surface area contributed by atoms with Gasteiger partial charge in [0.15, 0.2) is 9.84 Å². The van der Waals surface area contributed by atoms with Gasteiger partial charge in [0.05, 0.1) is 22.0 Å². The zero-order valence-electron chi connectivity index (χ0n) is 19.4. The number of sulfonamides is 1. The predicted octanol–water partition coefficient (Wildman–Crippen LogP) is 2.55. The quantitative estimate of drug-likeness (QED) is 0.527. The van der Waals surface area contributed by atoms with Crippen LogP contribution in [0.3, 0.4) is 0 Å². The van der Waals surface area contributed by atoms with Crippen LogP contribution in [0.2, 0.25) is 0 Å². The standard InChI is InChI=1S/C22H25N3O7S3/c1-4-32-22(27)19-14(2)18(13-23)21(33-19)24-20(26)15-9-11-25(12-10-15)35(30,31)17-7-5-16(6-8-17)34(3,28)29/h5-8,15H,4,9-12H2,1-3H3,(H,24,26). The molecule has 35 heavy (non-hydrogen) atoms. The lowest BCUT2D eigenvalue weighted by molar-refractivity contribution is -0.120. The van der Waals surface area contributed by atoms with Gasteiger partial charge in [-0.3, -0.25) is 4.79 Å². The van der Waals surface area contributed by atoms with Gasteiger partial charge < -0.3 is 10.1 Å². The first-order valence-electron chi connectivity index (χ1n) is 10.7. The maximum absolute atomic E-state index is 13.0. The van der Waals surface area contributed by atoms with E-state index in [2.05, 4.69) is 5.32 Å². The third-order valence-corrected chi connectivity index (χ3v) is 9.90. The van der Waals surface area contributed by atoms with Gasteiger partial charge >= 0.3 is 5.97 Å². The number of nitrogens with one attached hydrogen (secondary N) is 1. The number of carbonyl (C=O) groups is 2. The molecule has 0 saturated carbocycles. The van der Waals surface area contributed by atoms with Crippen LogP contribution in [-0.2, 0) is 29.4 Å². The summed E-state index contributed by atoms with van der Waals surface area (Å²) >= 11 is 0.978. The zero-order valence-corrected chi connectivity index (χ0v) is 21.8. The Hall–Kier alpha value is -2.79. The van der Waals surface area contributed by atoms with E-state index in [4.69, 9.17) is 4.74 Å². The monoisotopic (exact) mass is 539 g/mol. The highest BCUT2D eigenvalue weighted by Gasteiger charge is 2.33. The fourth-order valence-corrected chi connectivity index (χ4v) is 6.86. The van der Waals surface area contributed by atoms with Crippen LogP contribution in [0.4, 0.5) is 5.00 Å². The first-order chi connectivity index (χ1) is 16.4. The summed E-state index contributed by atoms with van der Waals surface area (Å²) < 4.78 is 55.4. The lowest BCUT2D eigenvalue weighted by Crippen LogP contribution is -2.41. The minimum Gasteiger partial charge on any atom is -0.462 e. The molecule has 0 spiro atoms. The van der Waals surface area contributed by atoms with Gasteiger partial charge in [0.1, 0.15) is 15.9 Å². The number of sulfone groups is 1. The molecule has 1 saturated heterocycles. The first kappa shape index (κ1) is 26.8. The molecule has 1 amide bonds. The second kappa shape index (κ2) is 10.4. The Morgan fingerprint density at radius 2 is 1.71 bits per heavy atom. The van der Waals surface area contributed by atoms with Crippen LogP contribution in [0.15, 0.2) is 34.1 Å². The van der Waals surface area contributed by atoms with Crippen LogP contribution in [-0.4, -0.2) is 59.0 Å². The molecule has 0 radical (unpaired) electrons. The number of hydrogen-bond acceptors (Lipinski definition) is 9. The van der Waals surface area contributed by atoms with Crippen molar-refractivity contribution in [2.24, 2.45) is 5.92 Å². The summed E-state index contributed by atoms with van der Waals surface area (Å²) in [6.07, 6.45) is 1.58. The molecule has 3 rings (SSSR count). The second-order valence-electron chi connectivity index (χ2n) is 8.00. The molecule has 1 fully saturated rings. The van der Waals surface area contributed by atoms with Gasteiger partial charge in [-0.05, 0) is 56.5 Å². The van der Waals surface area contributed by atoms with E-state index < -0.39 is 31.7 Å². The highest BCUT2D eigenvalue weighted by Crippen LogP contribution is 2.34. The molecule has 2 heterocycles. The maximum Gasteiger partial charge on any atom is 0.348 e. The Kier molecular flexibility index (Phi) is 8.00. The van der Waals surface area contributed by atoms with Crippen molar-refractivity contribution in [2.75, 3.05) is 31.3 Å². The van der Waals surface area contributed by atoms with Crippen molar-refractivity contribution in [3.05, 3.63) is 40.3 Å². The van der Waals surface area contributed by atoms with Gasteiger partial charge in [-0.25, -0.2) is 21.6 Å². The molecule has 1 aromatic carbocycles. The Bertz CT molecular complexity index is 1380. The number of esters is 1. The van der Waals surface area contributed by atoms with Crippen molar-refractivity contribution < 1.29 is 31.2 Å². The molecule has 1 aliphatic heterocycles. The topological polar surface area (TPSA) is 151 Å². The summed E-state index contributed by atoms with van der Waals surface area (Å²) in [5.74, 6) is -1.39. The summed E-state index contributed by atoms with van der Waals surface area (Å²) in [5, 5.41) is 12.5. The molecule has 1 aromatic heterocycles. The molecule has 10 nitrogen and oxygen atoms in total. The van der Waals surface area contributed by atoms with E-state index >= 15 is 0 Å². The third kappa shape index (κ3) is 5.72. The van der Waals surface area contributed by atoms with Crippen molar-refractivity contribution >= 4 is 48.1 Å². The molecule has 1 aliphatic rings. The van der Waals surface area contributed by atoms with Crippen molar-refractivity contribution in [3.8, 4) is 6.07 Å². The molecule has 188 valence electrons. The number of carbonyl (C=O) groups excluding carboxylic acids is 2. The molecular weight excluding hydrogens is 514 g/mol. The first-order valence-corrected chi connectivity index (χ1v) is 14.9. The summed E-state index contributed by atoms with van der Waals surface area (Å²) in [5.41, 5.74) is 0.637. The highest BCUT2D eigenvalue weighted by atomic mass is 32.2. The van der Waals surface area contributed by atoms with Crippen molar-refractivity contribution in [3.63, 3.8) is 0 Å². The smallest absolute Gasteiger partial charge is 0.348 e.